The standard InChI is InChI=1S/C18H20ClNO4/c1-21-17-9-13(7-14(19)18(17)22-2)11-20-10-12-3-4-15-16(8-12)24-6-5-23-15/h3-4,7-9,20H,5-6,10-11H2,1-2H3. The largest absolute Gasteiger partial charge is 0.493 e. The van der Waals surface area contributed by atoms with E-state index in [1.54, 1.807) is 14.2 Å². The van der Waals surface area contributed by atoms with Gasteiger partial charge in [0.1, 0.15) is 13.2 Å². The lowest BCUT2D eigenvalue weighted by molar-refractivity contribution is 0.171. The highest BCUT2D eigenvalue weighted by Gasteiger charge is 2.12. The molecule has 0 aromatic heterocycles. The van der Waals surface area contributed by atoms with Crippen molar-refractivity contribution in [3.05, 3.63) is 46.5 Å². The number of hydrogen-bond acceptors (Lipinski definition) is 5. The van der Waals surface area contributed by atoms with Gasteiger partial charge in [-0.25, -0.2) is 0 Å². The molecule has 1 aliphatic rings. The van der Waals surface area contributed by atoms with Gasteiger partial charge in [0.15, 0.2) is 23.0 Å². The van der Waals surface area contributed by atoms with Crippen LogP contribution in [0.2, 0.25) is 5.02 Å². The van der Waals surface area contributed by atoms with Gasteiger partial charge in [-0.1, -0.05) is 17.7 Å². The van der Waals surface area contributed by atoms with Crippen LogP contribution in [0.1, 0.15) is 11.1 Å². The molecular weight excluding hydrogens is 330 g/mol. The van der Waals surface area contributed by atoms with Gasteiger partial charge in [0.25, 0.3) is 0 Å². The van der Waals surface area contributed by atoms with E-state index in [-0.39, 0.29) is 0 Å². The minimum Gasteiger partial charge on any atom is -0.493 e. The monoisotopic (exact) mass is 349 g/mol. The summed E-state index contributed by atoms with van der Waals surface area (Å²) in [4.78, 5) is 0. The van der Waals surface area contributed by atoms with Crippen molar-refractivity contribution in [3.8, 4) is 23.0 Å². The molecule has 0 unspecified atom stereocenters. The molecule has 0 atom stereocenters. The Labute approximate surface area is 146 Å². The van der Waals surface area contributed by atoms with E-state index < -0.39 is 0 Å². The molecule has 128 valence electrons. The number of rotatable bonds is 6. The molecule has 0 fully saturated rings. The molecule has 24 heavy (non-hydrogen) atoms. The van der Waals surface area contributed by atoms with E-state index in [2.05, 4.69) is 5.32 Å². The predicted octanol–water partition coefficient (Wildman–Crippen LogP) is 3.42. The first kappa shape index (κ1) is 16.7. The number of ether oxygens (including phenoxy) is 4. The maximum Gasteiger partial charge on any atom is 0.179 e. The quantitative estimate of drug-likeness (QED) is 0.866. The Morgan fingerprint density at radius 2 is 1.71 bits per heavy atom. The lowest BCUT2D eigenvalue weighted by atomic mass is 10.1. The number of fused-ring (bicyclic) bond motifs is 1. The Morgan fingerprint density at radius 1 is 0.958 bits per heavy atom. The number of nitrogens with one attached hydrogen (secondary N) is 1. The number of hydrogen-bond donors (Lipinski definition) is 1. The summed E-state index contributed by atoms with van der Waals surface area (Å²) in [6.45, 7) is 2.57. The van der Waals surface area contributed by atoms with Crippen LogP contribution >= 0.6 is 11.6 Å². The highest BCUT2D eigenvalue weighted by molar-refractivity contribution is 6.32. The van der Waals surface area contributed by atoms with Crippen molar-refractivity contribution < 1.29 is 18.9 Å². The van der Waals surface area contributed by atoms with E-state index in [1.165, 1.54) is 0 Å². The minimum absolute atomic E-state index is 0.535. The van der Waals surface area contributed by atoms with Crippen LogP contribution in [0.4, 0.5) is 0 Å². The number of benzene rings is 2. The fourth-order valence-electron chi connectivity index (χ4n) is 2.62. The van der Waals surface area contributed by atoms with Crippen LogP contribution in [0, 0.1) is 0 Å². The van der Waals surface area contributed by atoms with Crippen molar-refractivity contribution in [2.75, 3.05) is 27.4 Å². The summed E-state index contributed by atoms with van der Waals surface area (Å²) >= 11 is 6.23. The van der Waals surface area contributed by atoms with Gasteiger partial charge in [-0.2, -0.15) is 0 Å². The topological polar surface area (TPSA) is 49.0 Å². The molecule has 2 aromatic rings. The van der Waals surface area contributed by atoms with Crippen LogP contribution in [0.3, 0.4) is 0 Å². The molecule has 0 amide bonds. The Morgan fingerprint density at radius 3 is 2.46 bits per heavy atom. The zero-order chi connectivity index (χ0) is 16.9. The molecule has 0 saturated carbocycles. The Balaban J connectivity index is 1.63. The second-order valence-corrected chi connectivity index (χ2v) is 5.80. The number of halogens is 1. The first-order chi connectivity index (χ1) is 11.7. The third-order valence-electron chi connectivity index (χ3n) is 3.76. The summed E-state index contributed by atoms with van der Waals surface area (Å²) in [6, 6.07) is 9.77. The van der Waals surface area contributed by atoms with Crippen molar-refractivity contribution in [1.82, 2.24) is 5.32 Å². The molecule has 5 nitrogen and oxygen atoms in total. The fourth-order valence-corrected chi connectivity index (χ4v) is 2.93. The van der Waals surface area contributed by atoms with E-state index in [0.717, 1.165) is 22.6 Å². The summed E-state index contributed by atoms with van der Waals surface area (Å²) < 4.78 is 21.7. The molecule has 0 aliphatic carbocycles. The summed E-state index contributed by atoms with van der Waals surface area (Å²) in [5, 5.41) is 3.92. The van der Waals surface area contributed by atoms with Crippen LogP contribution in [0.15, 0.2) is 30.3 Å². The number of methoxy groups -OCH3 is 2. The molecule has 0 radical (unpaired) electrons. The Hall–Kier alpha value is -2.11. The van der Waals surface area contributed by atoms with Gasteiger partial charge in [0.2, 0.25) is 0 Å². The summed E-state index contributed by atoms with van der Waals surface area (Å²) in [5.41, 5.74) is 2.15. The van der Waals surface area contributed by atoms with Crippen molar-refractivity contribution in [2.45, 2.75) is 13.1 Å². The first-order valence-electron chi connectivity index (χ1n) is 7.71. The third kappa shape index (κ3) is 3.68. The van der Waals surface area contributed by atoms with Gasteiger partial charge < -0.3 is 24.3 Å². The molecule has 6 heteroatoms. The smallest absolute Gasteiger partial charge is 0.179 e. The SMILES string of the molecule is COc1cc(CNCc2ccc3c(c2)OCCO3)cc(Cl)c1OC. The van der Waals surface area contributed by atoms with Crippen LogP contribution in [-0.4, -0.2) is 27.4 Å². The third-order valence-corrected chi connectivity index (χ3v) is 4.04. The second-order valence-electron chi connectivity index (χ2n) is 5.39. The van der Waals surface area contributed by atoms with Crippen molar-refractivity contribution >= 4 is 11.6 Å². The van der Waals surface area contributed by atoms with Gasteiger partial charge in [0.05, 0.1) is 19.2 Å². The van der Waals surface area contributed by atoms with Gasteiger partial charge in [-0.15, -0.1) is 0 Å². The van der Waals surface area contributed by atoms with Crippen LogP contribution < -0.4 is 24.3 Å². The average molecular weight is 350 g/mol. The van der Waals surface area contributed by atoms with E-state index >= 15 is 0 Å². The van der Waals surface area contributed by atoms with Gasteiger partial charge >= 0.3 is 0 Å². The fraction of sp³-hybridized carbons (Fsp3) is 0.333. The Kier molecular flexibility index (Phi) is 5.33. The van der Waals surface area contributed by atoms with Crippen molar-refractivity contribution in [1.29, 1.82) is 0 Å². The van der Waals surface area contributed by atoms with Crippen molar-refractivity contribution in [2.24, 2.45) is 0 Å². The van der Waals surface area contributed by atoms with E-state index in [1.807, 2.05) is 30.3 Å². The molecule has 1 heterocycles. The second kappa shape index (κ2) is 7.64. The normalized spacial score (nSPS) is 12.8. The zero-order valence-electron chi connectivity index (χ0n) is 13.7. The van der Waals surface area contributed by atoms with Crippen LogP contribution in [-0.2, 0) is 13.1 Å². The highest BCUT2D eigenvalue weighted by Crippen LogP contribution is 2.36. The Bertz CT molecular complexity index is 720. The molecule has 0 spiro atoms. The molecule has 0 bridgehead atoms. The van der Waals surface area contributed by atoms with E-state index in [4.69, 9.17) is 30.5 Å². The molecule has 2 aromatic carbocycles. The predicted molar refractivity (Wildman–Crippen MR) is 92.5 cm³/mol. The maximum atomic E-state index is 6.23. The van der Waals surface area contributed by atoms with Crippen LogP contribution in [0.5, 0.6) is 23.0 Å². The molecular formula is C18H20ClNO4. The first-order valence-corrected chi connectivity index (χ1v) is 8.08. The maximum absolute atomic E-state index is 6.23. The average Bonchev–Trinajstić information content (AvgIpc) is 2.61. The summed E-state index contributed by atoms with van der Waals surface area (Å²) in [5.74, 6) is 2.78. The molecule has 1 N–H and O–H groups in total. The van der Waals surface area contributed by atoms with Gasteiger partial charge in [-0.3, -0.25) is 0 Å². The van der Waals surface area contributed by atoms with Gasteiger partial charge in [-0.05, 0) is 35.4 Å². The summed E-state index contributed by atoms with van der Waals surface area (Å²) in [6.07, 6.45) is 0. The lowest BCUT2D eigenvalue weighted by Gasteiger charge is -2.19. The highest BCUT2D eigenvalue weighted by atomic mass is 35.5. The van der Waals surface area contributed by atoms with E-state index in [0.29, 0.717) is 42.8 Å². The lowest BCUT2D eigenvalue weighted by Crippen LogP contribution is -2.16. The minimum atomic E-state index is 0.535. The molecule has 3 rings (SSSR count). The van der Waals surface area contributed by atoms with Gasteiger partial charge in [0, 0.05) is 13.1 Å². The summed E-state index contributed by atoms with van der Waals surface area (Å²) in [7, 11) is 3.17. The zero-order valence-corrected chi connectivity index (χ0v) is 14.5. The molecule has 0 saturated heterocycles. The van der Waals surface area contributed by atoms with E-state index in [9.17, 15) is 0 Å². The van der Waals surface area contributed by atoms with Crippen LogP contribution in [0.25, 0.3) is 0 Å². The van der Waals surface area contributed by atoms with Crippen molar-refractivity contribution in [3.63, 3.8) is 0 Å². The molecule has 1 aliphatic heterocycles.